The molecule has 2 aromatic heterocycles. The highest BCUT2D eigenvalue weighted by atomic mass is 32.2. The van der Waals surface area contributed by atoms with Gasteiger partial charge in [-0.05, 0) is 13.8 Å². The van der Waals surface area contributed by atoms with E-state index in [1.165, 1.54) is 10.8 Å². The molecule has 9 heteroatoms. The minimum Gasteiger partial charge on any atom is -0.296 e. The molecule has 0 aliphatic rings. The molecule has 0 spiro atoms. The molecule has 2 N–H and O–H groups in total. The van der Waals surface area contributed by atoms with Crippen molar-refractivity contribution in [3.8, 4) is 11.5 Å². The smallest absolute Gasteiger partial charge is 0.273 e. The number of primary sulfonamides is 1. The minimum atomic E-state index is -3.90. The number of rotatable bonds is 3. The van der Waals surface area contributed by atoms with E-state index in [0.717, 1.165) is 5.69 Å². The van der Waals surface area contributed by atoms with Crippen LogP contribution in [0.3, 0.4) is 0 Å². The number of aryl methyl sites for hydroxylation is 1. The average Bonchev–Trinajstić information content (AvgIpc) is 2.73. The molecular weight excluding hydrogens is 256 g/mol. The molecule has 0 fully saturated rings. The molecule has 18 heavy (non-hydrogen) atoms. The van der Waals surface area contributed by atoms with E-state index >= 15 is 0 Å². The van der Waals surface area contributed by atoms with Crippen LogP contribution in [0.5, 0.6) is 0 Å². The summed E-state index contributed by atoms with van der Waals surface area (Å²) in [5.41, 5.74) is 1.21. The molecule has 8 nitrogen and oxygen atoms in total. The summed E-state index contributed by atoms with van der Waals surface area (Å²) < 4.78 is 24.0. The van der Waals surface area contributed by atoms with Crippen molar-refractivity contribution in [3.05, 3.63) is 18.1 Å². The first-order chi connectivity index (χ1) is 8.43. The molecule has 0 radical (unpaired) electrons. The lowest BCUT2D eigenvalue weighted by atomic mass is 10.4. The van der Waals surface area contributed by atoms with E-state index in [-0.39, 0.29) is 5.16 Å². The number of nitrogens with zero attached hydrogens (tertiary/aromatic N) is 5. The molecule has 2 aromatic rings. The van der Waals surface area contributed by atoms with Gasteiger partial charge in [0.05, 0.1) is 11.9 Å². The molecule has 0 aromatic carbocycles. The van der Waals surface area contributed by atoms with E-state index in [0.29, 0.717) is 18.1 Å². The molecule has 0 aliphatic carbocycles. The van der Waals surface area contributed by atoms with Crippen molar-refractivity contribution < 1.29 is 8.42 Å². The van der Waals surface area contributed by atoms with E-state index in [2.05, 4.69) is 20.2 Å². The predicted octanol–water partition coefficient (Wildman–Crippen LogP) is -0.289. The second-order valence-corrected chi connectivity index (χ2v) is 5.09. The monoisotopic (exact) mass is 268 g/mol. The van der Waals surface area contributed by atoms with E-state index < -0.39 is 10.0 Å². The molecule has 0 bridgehead atoms. The molecule has 96 valence electrons. The third-order valence-corrected chi connectivity index (χ3v) is 3.11. The number of aromatic nitrogens is 5. The van der Waals surface area contributed by atoms with Gasteiger partial charge in [-0.3, -0.25) is 9.55 Å². The van der Waals surface area contributed by atoms with E-state index in [4.69, 9.17) is 5.14 Å². The minimum absolute atomic E-state index is 0.276. The first-order valence-corrected chi connectivity index (χ1v) is 6.73. The Balaban J connectivity index is 2.59. The zero-order chi connectivity index (χ0) is 13.3. The van der Waals surface area contributed by atoms with Gasteiger partial charge in [0.15, 0.2) is 5.82 Å². The first-order valence-electron chi connectivity index (χ1n) is 5.18. The average molecular weight is 268 g/mol. The van der Waals surface area contributed by atoms with Gasteiger partial charge in [0.2, 0.25) is 0 Å². The van der Waals surface area contributed by atoms with Gasteiger partial charge < -0.3 is 0 Å². The third-order valence-electron chi connectivity index (χ3n) is 2.30. The molecule has 0 saturated carbocycles. The maximum atomic E-state index is 11.3. The molecular formula is C9H12N6O2S. The lowest BCUT2D eigenvalue weighted by molar-refractivity contribution is 0.570. The van der Waals surface area contributed by atoms with Gasteiger partial charge in [0, 0.05) is 12.7 Å². The summed E-state index contributed by atoms with van der Waals surface area (Å²) >= 11 is 0. The largest absolute Gasteiger partial charge is 0.296 e. The molecule has 2 rings (SSSR count). The highest BCUT2D eigenvalue weighted by Crippen LogP contribution is 2.16. The Kier molecular flexibility index (Phi) is 3.09. The van der Waals surface area contributed by atoms with E-state index in [1.54, 1.807) is 20.0 Å². The Bertz CT molecular complexity index is 661. The summed E-state index contributed by atoms with van der Waals surface area (Å²) in [5, 5.41) is 12.2. The van der Waals surface area contributed by atoms with Crippen LogP contribution in [-0.4, -0.2) is 33.2 Å². The van der Waals surface area contributed by atoms with Crippen molar-refractivity contribution in [3.63, 3.8) is 0 Å². The molecule has 0 amide bonds. The third kappa shape index (κ3) is 2.22. The highest BCUT2D eigenvalue weighted by Gasteiger charge is 2.21. The Labute approximate surface area is 104 Å². The van der Waals surface area contributed by atoms with Gasteiger partial charge in [0.1, 0.15) is 5.69 Å². The SMILES string of the molecule is CCn1c(-c2cnc(C)cn2)nnc1S(N)(=O)=O. The van der Waals surface area contributed by atoms with Gasteiger partial charge in [-0.2, -0.15) is 0 Å². The van der Waals surface area contributed by atoms with Gasteiger partial charge in [-0.25, -0.2) is 18.5 Å². The van der Waals surface area contributed by atoms with Crippen LogP contribution in [0.4, 0.5) is 0 Å². The molecule has 0 atom stereocenters. The molecule has 0 saturated heterocycles. The fourth-order valence-electron chi connectivity index (χ4n) is 1.48. The predicted molar refractivity (Wildman–Crippen MR) is 62.8 cm³/mol. The highest BCUT2D eigenvalue weighted by molar-refractivity contribution is 7.89. The van der Waals surface area contributed by atoms with Gasteiger partial charge in [0.25, 0.3) is 15.2 Å². The number of nitrogens with two attached hydrogens (primary N) is 1. The van der Waals surface area contributed by atoms with Crippen molar-refractivity contribution in [2.75, 3.05) is 0 Å². The Morgan fingerprint density at radius 2 is 2.00 bits per heavy atom. The summed E-state index contributed by atoms with van der Waals surface area (Å²) in [4.78, 5) is 8.21. The lowest BCUT2D eigenvalue weighted by Gasteiger charge is -2.05. The second-order valence-electron chi connectivity index (χ2n) is 3.64. The summed E-state index contributed by atoms with van der Waals surface area (Å²) in [6.07, 6.45) is 3.08. The van der Waals surface area contributed by atoms with Crippen molar-refractivity contribution >= 4 is 10.0 Å². The van der Waals surface area contributed by atoms with Gasteiger partial charge >= 0.3 is 0 Å². The summed E-state index contributed by atoms with van der Waals surface area (Å²) in [6, 6.07) is 0. The molecule has 2 heterocycles. The molecule has 0 unspecified atom stereocenters. The van der Waals surface area contributed by atoms with Crippen LogP contribution in [-0.2, 0) is 16.6 Å². The zero-order valence-corrected chi connectivity index (χ0v) is 10.7. The van der Waals surface area contributed by atoms with Crippen molar-refractivity contribution in [2.45, 2.75) is 25.5 Å². The summed E-state index contributed by atoms with van der Waals surface area (Å²) in [6.45, 7) is 3.93. The van der Waals surface area contributed by atoms with E-state index in [9.17, 15) is 8.42 Å². The maximum Gasteiger partial charge on any atom is 0.273 e. The summed E-state index contributed by atoms with van der Waals surface area (Å²) in [5.74, 6) is 0.328. The fourth-order valence-corrected chi connectivity index (χ4v) is 2.16. The van der Waals surface area contributed by atoms with Crippen LogP contribution >= 0.6 is 0 Å². The standard InChI is InChI=1S/C9H12N6O2S/c1-3-15-8(7-5-11-6(2)4-12-7)13-14-9(15)18(10,16)17/h4-5H,3H2,1-2H3,(H2,10,16,17). The van der Waals surface area contributed by atoms with Crippen molar-refractivity contribution in [1.29, 1.82) is 0 Å². The van der Waals surface area contributed by atoms with Crippen molar-refractivity contribution in [1.82, 2.24) is 24.7 Å². The van der Waals surface area contributed by atoms with Crippen LogP contribution in [0.1, 0.15) is 12.6 Å². The maximum absolute atomic E-state index is 11.3. The van der Waals surface area contributed by atoms with Gasteiger partial charge in [-0.15, -0.1) is 10.2 Å². The normalized spacial score (nSPS) is 11.7. The number of hydrogen-bond donors (Lipinski definition) is 1. The van der Waals surface area contributed by atoms with Crippen LogP contribution in [0.2, 0.25) is 0 Å². The summed E-state index contributed by atoms with van der Waals surface area (Å²) in [7, 11) is -3.90. The van der Waals surface area contributed by atoms with Crippen LogP contribution in [0.25, 0.3) is 11.5 Å². The zero-order valence-electron chi connectivity index (χ0n) is 9.90. The quantitative estimate of drug-likeness (QED) is 0.817. The molecule has 0 aliphatic heterocycles. The Morgan fingerprint density at radius 1 is 1.28 bits per heavy atom. The van der Waals surface area contributed by atoms with Crippen LogP contribution in [0, 0.1) is 6.92 Å². The second kappa shape index (κ2) is 4.42. The van der Waals surface area contributed by atoms with Gasteiger partial charge in [-0.1, -0.05) is 0 Å². The number of hydrogen-bond acceptors (Lipinski definition) is 6. The number of sulfonamides is 1. The van der Waals surface area contributed by atoms with Crippen molar-refractivity contribution in [2.24, 2.45) is 5.14 Å². The fraction of sp³-hybridized carbons (Fsp3) is 0.333. The lowest BCUT2D eigenvalue weighted by Crippen LogP contribution is -2.18. The van der Waals surface area contributed by atoms with Crippen LogP contribution < -0.4 is 5.14 Å². The Morgan fingerprint density at radius 3 is 2.50 bits per heavy atom. The topological polar surface area (TPSA) is 117 Å². The van der Waals surface area contributed by atoms with E-state index in [1.807, 2.05) is 0 Å². The Hall–Kier alpha value is -1.87. The first kappa shape index (κ1) is 12.6. The van der Waals surface area contributed by atoms with Crippen LogP contribution in [0.15, 0.2) is 17.6 Å².